The second kappa shape index (κ2) is 4.32. The van der Waals surface area contributed by atoms with E-state index in [1.165, 1.54) is 4.57 Å². The Morgan fingerprint density at radius 3 is 3.00 bits per heavy atom. The summed E-state index contributed by atoms with van der Waals surface area (Å²) in [4.78, 5) is 25.6. The highest BCUT2D eigenvalue weighted by molar-refractivity contribution is 5.80. The predicted octanol–water partition coefficient (Wildman–Crippen LogP) is 0.475. The molecule has 1 aromatic heterocycles. The van der Waals surface area contributed by atoms with Gasteiger partial charge in [-0.3, -0.25) is 9.36 Å². The molecule has 0 spiro atoms. The average molecular weight is 235 g/mol. The SMILES string of the molecule is CCOC(=O)Cn1c(=O)[nH]c2cc(N)ccc21. The summed E-state index contributed by atoms with van der Waals surface area (Å²) in [5.41, 5.74) is 7.07. The van der Waals surface area contributed by atoms with Crippen LogP contribution in [-0.2, 0) is 16.1 Å². The van der Waals surface area contributed by atoms with Crippen LogP contribution in [0.1, 0.15) is 6.92 Å². The fourth-order valence-corrected chi connectivity index (χ4v) is 1.67. The molecule has 2 rings (SSSR count). The zero-order chi connectivity index (χ0) is 12.4. The van der Waals surface area contributed by atoms with E-state index in [0.717, 1.165) is 0 Å². The van der Waals surface area contributed by atoms with Crippen molar-refractivity contribution in [3.8, 4) is 0 Å². The average Bonchev–Trinajstić information content (AvgIpc) is 2.55. The van der Waals surface area contributed by atoms with Crippen molar-refractivity contribution in [3.63, 3.8) is 0 Å². The Balaban J connectivity index is 2.43. The summed E-state index contributed by atoms with van der Waals surface area (Å²) in [5.74, 6) is -0.438. The van der Waals surface area contributed by atoms with Gasteiger partial charge < -0.3 is 15.5 Å². The molecular weight excluding hydrogens is 222 g/mol. The molecule has 0 amide bonds. The highest BCUT2D eigenvalue weighted by Crippen LogP contribution is 2.13. The van der Waals surface area contributed by atoms with Crippen molar-refractivity contribution in [1.29, 1.82) is 0 Å². The number of hydrogen-bond acceptors (Lipinski definition) is 4. The molecule has 0 aliphatic heterocycles. The van der Waals surface area contributed by atoms with Crippen LogP contribution in [0, 0.1) is 0 Å². The van der Waals surface area contributed by atoms with Crippen LogP contribution in [0.25, 0.3) is 11.0 Å². The number of imidazole rings is 1. The Kier molecular flexibility index (Phi) is 2.86. The maximum Gasteiger partial charge on any atom is 0.327 e. The quantitative estimate of drug-likeness (QED) is 0.598. The van der Waals surface area contributed by atoms with Gasteiger partial charge in [0, 0.05) is 5.69 Å². The minimum absolute atomic E-state index is 0.101. The Hall–Kier alpha value is -2.24. The van der Waals surface area contributed by atoms with Crippen molar-refractivity contribution in [2.24, 2.45) is 0 Å². The Morgan fingerprint density at radius 2 is 2.29 bits per heavy atom. The van der Waals surface area contributed by atoms with Gasteiger partial charge in [0.2, 0.25) is 0 Å². The summed E-state index contributed by atoms with van der Waals surface area (Å²) in [6, 6.07) is 5.03. The number of aromatic nitrogens is 2. The van der Waals surface area contributed by atoms with Gasteiger partial charge in [-0.1, -0.05) is 0 Å². The molecule has 0 unspecified atom stereocenters. The van der Waals surface area contributed by atoms with Crippen LogP contribution < -0.4 is 11.4 Å². The van der Waals surface area contributed by atoms with E-state index >= 15 is 0 Å². The molecule has 1 heterocycles. The van der Waals surface area contributed by atoms with E-state index in [2.05, 4.69) is 4.98 Å². The van der Waals surface area contributed by atoms with Crippen LogP contribution in [0.15, 0.2) is 23.0 Å². The first-order valence-corrected chi connectivity index (χ1v) is 5.25. The fraction of sp³-hybridized carbons (Fsp3) is 0.273. The molecule has 3 N–H and O–H groups in total. The zero-order valence-corrected chi connectivity index (χ0v) is 9.40. The summed E-state index contributed by atoms with van der Waals surface area (Å²) in [6.45, 7) is 1.91. The predicted molar refractivity (Wildman–Crippen MR) is 63.6 cm³/mol. The Labute approximate surface area is 97.0 Å². The molecule has 6 heteroatoms. The van der Waals surface area contributed by atoms with Crippen molar-refractivity contribution >= 4 is 22.7 Å². The second-order valence-corrected chi connectivity index (χ2v) is 3.60. The molecule has 6 nitrogen and oxygen atoms in total. The number of carbonyl (C=O) groups excluding carboxylic acids is 1. The van der Waals surface area contributed by atoms with Crippen LogP contribution in [0.3, 0.4) is 0 Å². The number of esters is 1. The van der Waals surface area contributed by atoms with E-state index < -0.39 is 5.97 Å². The van der Waals surface area contributed by atoms with Gasteiger partial charge in [0.05, 0.1) is 17.6 Å². The molecule has 0 atom stereocenters. The molecule has 0 fully saturated rings. The number of nitrogens with one attached hydrogen (secondary N) is 1. The number of carbonyl (C=O) groups is 1. The number of benzene rings is 1. The first kappa shape index (κ1) is 11.3. The Morgan fingerprint density at radius 1 is 1.53 bits per heavy atom. The van der Waals surface area contributed by atoms with Crippen LogP contribution >= 0.6 is 0 Å². The standard InChI is InChI=1S/C11H13N3O3/c1-2-17-10(15)6-14-9-4-3-7(12)5-8(9)13-11(14)16/h3-5H,2,6,12H2,1H3,(H,13,16). The van der Waals surface area contributed by atoms with Crippen molar-refractivity contribution in [2.45, 2.75) is 13.5 Å². The van der Waals surface area contributed by atoms with Gasteiger partial charge in [0.25, 0.3) is 0 Å². The molecule has 17 heavy (non-hydrogen) atoms. The van der Waals surface area contributed by atoms with Crippen LogP contribution in [-0.4, -0.2) is 22.1 Å². The van der Waals surface area contributed by atoms with Gasteiger partial charge >= 0.3 is 11.7 Å². The number of anilines is 1. The number of nitrogens with two attached hydrogens (primary N) is 1. The number of ether oxygens (including phenoxy) is 1. The van der Waals surface area contributed by atoms with Gasteiger partial charge in [-0.25, -0.2) is 4.79 Å². The zero-order valence-electron chi connectivity index (χ0n) is 9.40. The maximum absolute atomic E-state index is 11.6. The lowest BCUT2D eigenvalue weighted by Gasteiger charge is -2.03. The third-order valence-corrected chi connectivity index (χ3v) is 2.39. The van der Waals surface area contributed by atoms with Gasteiger partial charge in [-0.05, 0) is 25.1 Å². The lowest BCUT2D eigenvalue weighted by atomic mass is 10.3. The summed E-state index contributed by atoms with van der Waals surface area (Å²) in [6.07, 6.45) is 0. The van der Waals surface area contributed by atoms with Crippen molar-refractivity contribution in [1.82, 2.24) is 9.55 Å². The van der Waals surface area contributed by atoms with Crippen LogP contribution in [0.2, 0.25) is 0 Å². The Bertz CT molecular complexity index is 612. The molecule has 0 saturated heterocycles. The van der Waals surface area contributed by atoms with Gasteiger partial charge in [0.15, 0.2) is 0 Å². The number of fused-ring (bicyclic) bond motifs is 1. The molecular formula is C11H13N3O3. The number of hydrogen-bond donors (Lipinski definition) is 2. The lowest BCUT2D eigenvalue weighted by Crippen LogP contribution is -2.23. The third-order valence-electron chi connectivity index (χ3n) is 2.39. The first-order chi connectivity index (χ1) is 8.11. The first-order valence-electron chi connectivity index (χ1n) is 5.25. The number of nitrogen functional groups attached to an aromatic ring is 1. The van der Waals surface area contributed by atoms with Crippen LogP contribution in [0.5, 0.6) is 0 Å². The molecule has 90 valence electrons. The topological polar surface area (TPSA) is 90.1 Å². The molecule has 0 radical (unpaired) electrons. The fourth-order valence-electron chi connectivity index (χ4n) is 1.67. The molecule has 0 saturated carbocycles. The van der Waals surface area contributed by atoms with Crippen molar-refractivity contribution in [2.75, 3.05) is 12.3 Å². The van der Waals surface area contributed by atoms with Crippen molar-refractivity contribution in [3.05, 3.63) is 28.7 Å². The highest BCUT2D eigenvalue weighted by atomic mass is 16.5. The van der Waals surface area contributed by atoms with Crippen molar-refractivity contribution < 1.29 is 9.53 Å². The molecule has 0 aliphatic carbocycles. The largest absolute Gasteiger partial charge is 0.465 e. The summed E-state index contributed by atoms with van der Waals surface area (Å²) >= 11 is 0. The van der Waals surface area contributed by atoms with Gasteiger partial charge in [0.1, 0.15) is 6.54 Å². The second-order valence-electron chi connectivity index (χ2n) is 3.60. The summed E-state index contributed by atoms with van der Waals surface area (Å²) < 4.78 is 6.13. The molecule has 1 aromatic carbocycles. The number of rotatable bonds is 3. The lowest BCUT2D eigenvalue weighted by molar-refractivity contribution is -0.143. The van der Waals surface area contributed by atoms with Gasteiger partial charge in [-0.15, -0.1) is 0 Å². The maximum atomic E-state index is 11.6. The minimum Gasteiger partial charge on any atom is -0.465 e. The minimum atomic E-state index is -0.438. The highest BCUT2D eigenvalue weighted by Gasteiger charge is 2.11. The number of aromatic amines is 1. The number of nitrogens with zero attached hydrogens (tertiary/aromatic N) is 1. The van der Waals surface area contributed by atoms with Crippen LogP contribution in [0.4, 0.5) is 5.69 Å². The van der Waals surface area contributed by atoms with E-state index in [-0.39, 0.29) is 12.2 Å². The van der Waals surface area contributed by atoms with E-state index in [1.54, 1.807) is 25.1 Å². The molecule has 0 bridgehead atoms. The molecule has 2 aromatic rings. The van der Waals surface area contributed by atoms with E-state index in [4.69, 9.17) is 10.5 Å². The molecule has 0 aliphatic rings. The van der Waals surface area contributed by atoms with E-state index in [9.17, 15) is 9.59 Å². The normalized spacial score (nSPS) is 10.6. The summed E-state index contributed by atoms with van der Waals surface area (Å²) in [7, 11) is 0. The van der Waals surface area contributed by atoms with E-state index in [0.29, 0.717) is 23.3 Å². The summed E-state index contributed by atoms with van der Waals surface area (Å²) in [5, 5.41) is 0. The van der Waals surface area contributed by atoms with Gasteiger partial charge in [-0.2, -0.15) is 0 Å². The smallest absolute Gasteiger partial charge is 0.327 e. The van der Waals surface area contributed by atoms with E-state index in [1.807, 2.05) is 0 Å². The third kappa shape index (κ3) is 2.15. The number of H-pyrrole nitrogens is 1. The monoisotopic (exact) mass is 235 g/mol.